The molecule has 0 saturated heterocycles. The van der Waals surface area contributed by atoms with Crippen molar-refractivity contribution in [3.05, 3.63) is 35.9 Å². The number of urea groups is 1. The molecular weight excluding hydrogens is 268 g/mol. The Hall–Kier alpha value is -2.04. The van der Waals surface area contributed by atoms with Crippen molar-refractivity contribution >= 4 is 12.0 Å². The van der Waals surface area contributed by atoms with Crippen molar-refractivity contribution in [1.82, 2.24) is 10.2 Å². The van der Waals surface area contributed by atoms with Crippen LogP contribution in [-0.4, -0.2) is 41.6 Å². The normalized spacial score (nSPS) is 13.3. The lowest BCUT2D eigenvalue weighted by Crippen LogP contribution is -2.44. The van der Waals surface area contributed by atoms with Crippen LogP contribution in [-0.2, 0) is 4.79 Å². The number of hydrogen-bond donors (Lipinski definition) is 2. The molecule has 1 rings (SSSR count). The van der Waals surface area contributed by atoms with Crippen LogP contribution in [0.15, 0.2) is 30.3 Å². The molecule has 0 radical (unpaired) electrons. The molecule has 2 atom stereocenters. The molecule has 0 aromatic heterocycles. The Labute approximate surface area is 126 Å². The summed E-state index contributed by atoms with van der Waals surface area (Å²) in [5, 5.41) is 11.8. The van der Waals surface area contributed by atoms with Gasteiger partial charge in [0.1, 0.15) is 0 Å². The maximum atomic E-state index is 12.1. The average molecular weight is 292 g/mol. The third-order valence-corrected chi connectivity index (χ3v) is 3.51. The van der Waals surface area contributed by atoms with Gasteiger partial charge in [-0.05, 0) is 18.4 Å². The number of carboxylic acid groups (broad SMARTS) is 1. The minimum atomic E-state index is -0.890. The quantitative estimate of drug-likeness (QED) is 0.811. The second-order valence-electron chi connectivity index (χ2n) is 5.28. The van der Waals surface area contributed by atoms with Crippen molar-refractivity contribution in [3.63, 3.8) is 0 Å². The van der Waals surface area contributed by atoms with Gasteiger partial charge in [0, 0.05) is 19.6 Å². The Morgan fingerprint density at radius 2 is 1.86 bits per heavy atom. The lowest BCUT2D eigenvalue weighted by atomic mass is 10.0. The first kappa shape index (κ1) is 17.0. The fraction of sp³-hybridized carbons (Fsp3) is 0.500. The lowest BCUT2D eigenvalue weighted by molar-refractivity contribution is -0.141. The maximum absolute atomic E-state index is 12.1. The second kappa shape index (κ2) is 8.29. The standard InChI is InChI=1S/C16H24N2O3/c1-4-18(11-13(3)15(19)20)16(21)17-10-12(2)14-8-6-5-7-9-14/h5-9,12-13H,4,10-11H2,1-3H3,(H,17,21)(H,19,20). The molecule has 5 nitrogen and oxygen atoms in total. The number of benzene rings is 1. The molecule has 0 saturated carbocycles. The van der Waals surface area contributed by atoms with Gasteiger partial charge < -0.3 is 15.3 Å². The van der Waals surface area contributed by atoms with Gasteiger partial charge in [0.25, 0.3) is 0 Å². The third-order valence-electron chi connectivity index (χ3n) is 3.51. The highest BCUT2D eigenvalue weighted by Gasteiger charge is 2.19. The summed E-state index contributed by atoms with van der Waals surface area (Å²) in [6.45, 7) is 6.73. The summed E-state index contributed by atoms with van der Waals surface area (Å²) in [6.07, 6.45) is 0. The van der Waals surface area contributed by atoms with Crippen LogP contribution >= 0.6 is 0 Å². The van der Waals surface area contributed by atoms with E-state index in [2.05, 4.69) is 5.32 Å². The smallest absolute Gasteiger partial charge is 0.317 e. The van der Waals surface area contributed by atoms with E-state index in [9.17, 15) is 9.59 Å². The molecule has 1 aromatic rings. The fourth-order valence-electron chi connectivity index (χ4n) is 2.02. The zero-order chi connectivity index (χ0) is 15.8. The van der Waals surface area contributed by atoms with Gasteiger partial charge in [0.2, 0.25) is 0 Å². The first-order valence-corrected chi connectivity index (χ1v) is 7.26. The fourth-order valence-corrected chi connectivity index (χ4v) is 2.02. The molecule has 2 N–H and O–H groups in total. The van der Waals surface area contributed by atoms with Crippen molar-refractivity contribution in [3.8, 4) is 0 Å². The third kappa shape index (κ3) is 5.45. The zero-order valence-corrected chi connectivity index (χ0v) is 12.9. The topological polar surface area (TPSA) is 69.6 Å². The van der Waals surface area contributed by atoms with E-state index in [1.165, 1.54) is 10.5 Å². The average Bonchev–Trinajstić information content (AvgIpc) is 2.50. The highest BCUT2D eigenvalue weighted by Crippen LogP contribution is 2.13. The van der Waals surface area contributed by atoms with Crippen molar-refractivity contribution in [2.75, 3.05) is 19.6 Å². The zero-order valence-electron chi connectivity index (χ0n) is 12.9. The van der Waals surface area contributed by atoms with Gasteiger partial charge in [0.05, 0.1) is 5.92 Å². The molecule has 0 fully saturated rings. The van der Waals surface area contributed by atoms with Crippen LogP contribution in [0.25, 0.3) is 0 Å². The van der Waals surface area contributed by atoms with E-state index in [4.69, 9.17) is 5.11 Å². The summed E-state index contributed by atoms with van der Waals surface area (Å²) in [7, 11) is 0. The van der Waals surface area contributed by atoms with Gasteiger partial charge in [-0.25, -0.2) is 4.79 Å². The monoisotopic (exact) mass is 292 g/mol. The van der Waals surface area contributed by atoms with Crippen LogP contribution in [0.4, 0.5) is 4.79 Å². The molecular formula is C16H24N2O3. The maximum Gasteiger partial charge on any atom is 0.317 e. The van der Waals surface area contributed by atoms with Gasteiger partial charge in [0.15, 0.2) is 0 Å². The SMILES string of the molecule is CCN(CC(C)C(=O)O)C(=O)NCC(C)c1ccccc1. The van der Waals surface area contributed by atoms with Crippen molar-refractivity contribution in [1.29, 1.82) is 0 Å². The summed E-state index contributed by atoms with van der Waals surface area (Å²) in [4.78, 5) is 24.5. The largest absolute Gasteiger partial charge is 0.481 e. The number of amides is 2. The Morgan fingerprint density at radius 1 is 1.24 bits per heavy atom. The number of hydrogen-bond acceptors (Lipinski definition) is 2. The summed E-state index contributed by atoms with van der Waals surface area (Å²) >= 11 is 0. The van der Waals surface area contributed by atoms with Crippen LogP contribution in [0.5, 0.6) is 0 Å². The van der Waals surface area contributed by atoms with E-state index in [1.807, 2.05) is 44.2 Å². The number of aliphatic carboxylic acids is 1. The highest BCUT2D eigenvalue weighted by molar-refractivity contribution is 5.76. The molecule has 0 heterocycles. The second-order valence-corrected chi connectivity index (χ2v) is 5.28. The van der Waals surface area contributed by atoms with Crippen molar-refractivity contribution < 1.29 is 14.7 Å². The number of carboxylic acids is 1. The number of nitrogens with zero attached hydrogens (tertiary/aromatic N) is 1. The van der Waals surface area contributed by atoms with Gasteiger partial charge in [-0.3, -0.25) is 4.79 Å². The van der Waals surface area contributed by atoms with Gasteiger partial charge in [-0.2, -0.15) is 0 Å². The summed E-state index contributed by atoms with van der Waals surface area (Å²) < 4.78 is 0. The summed E-state index contributed by atoms with van der Waals surface area (Å²) in [6, 6.07) is 9.75. The van der Waals surface area contributed by atoms with Crippen LogP contribution in [0.3, 0.4) is 0 Å². The van der Waals surface area contributed by atoms with E-state index >= 15 is 0 Å². The minimum Gasteiger partial charge on any atom is -0.481 e. The Kier molecular flexibility index (Phi) is 6.72. The van der Waals surface area contributed by atoms with Crippen LogP contribution in [0.1, 0.15) is 32.3 Å². The Balaban J connectivity index is 2.49. The predicted molar refractivity (Wildman–Crippen MR) is 82.3 cm³/mol. The van der Waals surface area contributed by atoms with Crippen molar-refractivity contribution in [2.24, 2.45) is 5.92 Å². The molecule has 21 heavy (non-hydrogen) atoms. The lowest BCUT2D eigenvalue weighted by Gasteiger charge is -2.24. The number of carbonyl (C=O) groups is 2. The van der Waals surface area contributed by atoms with Crippen molar-refractivity contribution in [2.45, 2.75) is 26.7 Å². The summed E-state index contributed by atoms with van der Waals surface area (Å²) in [5.74, 6) is -1.24. The summed E-state index contributed by atoms with van der Waals surface area (Å²) in [5.41, 5.74) is 1.17. The number of rotatable bonds is 7. The molecule has 0 aliphatic heterocycles. The van der Waals surface area contributed by atoms with E-state index < -0.39 is 11.9 Å². The number of carbonyl (C=O) groups excluding carboxylic acids is 1. The highest BCUT2D eigenvalue weighted by atomic mass is 16.4. The van der Waals surface area contributed by atoms with Crippen LogP contribution in [0, 0.1) is 5.92 Å². The molecule has 0 spiro atoms. The first-order valence-electron chi connectivity index (χ1n) is 7.26. The molecule has 5 heteroatoms. The molecule has 1 aromatic carbocycles. The molecule has 0 aliphatic carbocycles. The first-order chi connectivity index (χ1) is 9.95. The van der Waals surface area contributed by atoms with Gasteiger partial charge >= 0.3 is 12.0 Å². The van der Waals surface area contributed by atoms with E-state index in [0.29, 0.717) is 13.1 Å². The van der Waals surface area contributed by atoms with Gasteiger partial charge in [-0.15, -0.1) is 0 Å². The van der Waals surface area contributed by atoms with E-state index in [1.54, 1.807) is 6.92 Å². The Morgan fingerprint density at radius 3 is 2.38 bits per heavy atom. The molecule has 2 unspecified atom stereocenters. The minimum absolute atomic E-state index is 0.214. The number of nitrogens with one attached hydrogen (secondary N) is 1. The Bertz CT molecular complexity index is 462. The molecule has 0 bridgehead atoms. The molecule has 2 amide bonds. The molecule has 116 valence electrons. The van der Waals surface area contributed by atoms with Crippen LogP contribution < -0.4 is 5.32 Å². The van der Waals surface area contributed by atoms with E-state index in [-0.39, 0.29) is 18.5 Å². The predicted octanol–water partition coefficient (Wildman–Crippen LogP) is 2.54. The van der Waals surface area contributed by atoms with Crippen LogP contribution in [0.2, 0.25) is 0 Å². The van der Waals surface area contributed by atoms with Gasteiger partial charge in [-0.1, -0.05) is 44.2 Å². The van der Waals surface area contributed by atoms with E-state index in [0.717, 1.165) is 0 Å². The molecule has 0 aliphatic rings.